The van der Waals surface area contributed by atoms with Crippen LogP contribution in [0.2, 0.25) is 0 Å². The highest BCUT2D eigenvalue weighted by atomic mass is 19.1. The molecule has 0 bridgehead atoms. The van der Waals surface area contributed by atoms with Crippen molar-refractivity contribution in [3.8, 4) is 0 Å². The minimum Gasteiger partial charge on any atom is -0.466 e. The van der Waals surface area contributed by atoms with Gasteiger partial charge in [-0.25, -0.2) is 8.78 Å². The van der Waals surface area contributed by atoms with Crippen molar-refractivity contribution >= 4 is 11.7 Å². The third-order valence-corrected chi connectivity index (χ3v) is 7.37. The van der Waals surface area contributed by atoms with Crippen LogP contribution in [0.4, 0.5) is 14.5 Å². The Morgan fingerprint density at radius 2 is 1.71 bits per heavy atom. The first-order chi connectivity index (χ1) is 16.5. The molecule has 2 heterocycles. The highest BCUT2D eigenvalue weighted by Gasteiger charge is 2.26. The number of hydrogen-bond acceptors (Lipinski definition) is 4. The molecule has 1 atom stereocenters. The summed E-state index contributed by atoms with van der Waals surface area (Å²) in [5.74, 6) is 0.203. The van der Waals surface area contributed by atoms with E-state index in [4.69, 9.17) is 4.74 Å². The molecular weight excluding hydrogens is 434 g/mol. The molecule has 1 fully saturated rings. The van der Waals surface area contributed by atoms with Gasteiger partial charge in [0.25, 0.3) is 0 Å². The second-order valence-electron chi connectivity index (χ2n) is 9.58. The molecule has 6 heteroatoms. The average molecular weight is 471 g/mol. The van der Waals surface area contributed by atoms with Crippen LogP contribution in [-0.4, -0.2) is 50.2 Å². The predicted octanol–water partition coefficient (Wildman–Crippen LogP) is 5.75. The van der Waals surface area contributed by atoms with Crippen molar-refractivity contribution in [1.29, 1.82) is 0 Å². The first-order valence-corrected chi connectivity index (χ1v) is 12.7. The standard InChI is InChI=1S/C28H36F2N2O2/c1-2-28(33)34-19-13-21-11-15-31(16-12-21)17-18-32-14-3-4-25(22-5-7-23(29)8-6-22)26-10-9-24(30)20-27(26)32/h5-10,20-21,25H,2-4,11-19H2,1H3. The van der Waals surface area contributed by atoms with Gasteiger partial charge in [0.15, 0.2) is 0 Å². The van der Waals surface area contributed by atoms with E-state index < -0.39 is 0 Å². The molecule has 4 rings (SSSR count). The normalized spacial score (nSPS) is 19.5. The molecule has 0 N–H and O–H groups in total. The number of halogens is 2. The maximum atomic E-state index is 14.3. The van der Waals surface area contributed by atoms with Crippen LogP contribution in [0.3, 0.4) is 0 Å². The van der Waals surface area contributed by atoms with Gasteiger partial charge in [0.2, 0.25) is 0 Å². The van der Waals surface area contributed by atoms with Crippen molar-refractivity contribution in [1.82, 2.24) is 4.90 Å². The number of fused-ring (bicyclic) bond motifs is 1. The summed E-state index contributed by atoms with van der Waals surface area (Å²) in [6.45, 7) is 7.17. The van der Waals surface area contributed by atoms with Gasteiger partial charge in [-0.1, -0.05) is 25.1 Å². The summed E-state index contributed by atoms with van der Waals surface area (Å²) in [6.07, 6.45) is 5.62. The Morgan fingerprint density at radius 1 is 0.971 bits per heavy atom. The van der Waals surface area contributed by atoms with Gasteiger partial charge in [0.1, 0.15) is 11.6 Å². The summed E-state index contributed by atoms with van der Waals surface area (Å²) in [5, 5.41) is 0. The van der Waals surface area contributed by atoms with E-state index in [1.807, 2.05) is 25.1 Å². The Balaban J connectivity index is 1.35. The maximum Gasteiger partial charge on any atom is 0.305 e. The van der Waals surface area contributed by atoms with E-state index >= 15 is 0 Å². The van der Waals surface area contributed by atoms with Gasteiger partial charge < -0.3 is 14.5 Å². The van der Waals surface area contributed by atoms with Crippen molar-refractivity contribution in [3.05, 3.63) is 65.2 Å². The summed E-state index contributed by atoms with van der Waals surface area (Å²) >= 11 is 0. The fourth-order valence-corrected chi connectivity index (χ4v) is 5.32. The Bertz CT molecular complexity index is 942. The molecule has 0 aromatic heterocycles. The van der Waals surface area contributed by atoms with Crippen LogP contribution in [0, 0.1) is 17.6 Å². The smallest absolute Gasteiger partial charge is 0.305 e. The number of ether oxygens (including phenoxy) is 1. The van der Waals surface area contributed by atoms with Crippen LogP contribution in [0.25, 0.3) is 0 Å². The molecule has 0 spiro atoms. The largest absolute Gasteiger partial charge is 0.466 e. The number of likely N-dealkylation sites (tertiary alicyclic amines) is 1. The number of carbonyl (C=O) groups excluding carboxylic acids is 1. The zero-order valence-electron chi connectivity index (χ0n) is 20.1. The molecule has 0 aliphatic carbocycles. The molecule has 1 unspecified atom stereocenters. The van der Waals surface area contributed by atoms with Crippen LogP contribution in [0.5, 0.6) is 0 Å². The zero-order chi connectivity index (χ0) is 23.9. The summed E-state index contributed by atoms with van der Waals surface area (Å²) in [6, 6.07) is 11.9. The first kappa shape index (κ1) is 24.6. The quantitative estimate of drug-likeness (QED) is 0.460. The SMILES string of the molecule is CCC(=O)OCCC1CCN(CCN2CCCC(c3ccc(F)cc3)c3ccc(F)cc32)CC1. The molecule has 34 heavy (non-hydrogen) atoms. The summed E-state index contributed by atoms with van der Waals surface area (Å²) in [7, 11) is 0. The zero-order valence-corrected chi connectivity index (χ0v) is 20.1. The van der Waals surface area contributed by atoms with Crippen LogP contribution in [-0.2, 0) is 9.53 Å². The Morgan fingerprint density at radius 3 is 2.44 bits per heavy atom. The lowest BCUT2D eigenvalue weighted by Gasteiger charge is -2.34. The van der Waals surface area contributed by atoms with Gasteiger partial charge in [0, 0.05) is 37.7 Å². The number of hydrogen-bond donors (Lipinski definition) is 0. The maximum absolute atomic E-state index is 14.3. The molecular formula is C28H36F2N2O2. The highest BCUT2D eigenvalue weighted by molar-refractivity contribution is 5.68. The number of benzene rings is 2. The van der Waals surface area contributed by atoms with Crippen LogP contribution < -0.4 is 4.90 Å². The molecule has 0 amide bonds. The minimum absolute atomic E-state index is 0.117. The van der Waals surface area contributed by atoms with E-state index in [9.17, 15) is 13.6 Å². The van der Waals surface area contributed by atoms with Crippen molar-refractivity contribution in [2.45, 2.75) is 51.4 Å². The van der Waals surface area contributed by atoms with Gasteiger partial charge in [-0.3, -0.25) is 4.79 Å². The summed E-state index contributed by atoms with van der Waals surface area (Å²) in [4.78, 5) is 16.1. The van der Waals surface area contributed by atoms with Gasteiger partial charge in [-0.2, -0.15) is 0 Å². The topological polar surface area (TPSA) is 32.8 Å². The van der Waals surface area contributed by atoms with Gasteiger partial charge in [0.05, 0.1) is 6.61 Å². The van der Waals surface area contributed by atoms with E-state index in [1.165, 1.54) is 12.1 Å². The van der Waals surface area contributed by atoms with Crippen molar-refractivity contribution in [2.24, 2.45) is 5.92 Å². The summed E-state index contributed by atoms with van der Waals surface area (Å²) < 4.78 is 33.0. The van der Waals surface area contributed by atoms with Crippen LogP contribution in [0.1, 0.15) is 62.5 Å². The lowest BCUT2D eigenvalue weighted by Crippen LogP contribution is -2.40. The minimum atomic E-state index is -0.232. The highest BCUT2D eigenvalue weighted by Crippen LogP contribution is 2.39. The molecule has 4 nitrogen and oxygen atoms in total. The van der Waals surface area contributed by atoms with Crippen LogP contribution >= 0.6 is 0 Å². The number of anilines is 1. The third-order valence-electron chi connectivity index (χ3n) is 7.37. The fraction of sp³-hybridized carbons (Fsp3) is 0.536. The lowest BCUT2D eigenvalue weighted by atomic mass is 9.87. The van der Waals surface area contributed by atoms with E-state index in [0.29, 0.717) is 18.9 Å². The van der Waals surface area contributed by atoms with E-state index in [1.54, 1.807) is 12.1 Å². The van der Waals surface area contributed by atoms with Crippen LogP contribution in [0.15, 0.2) is 42.5 Å². The van der Waals surface area contributed by atoms with Crippen molar-refractivity contribution in [3.63, 3.8) is 0 Å². The number of nitrogens with zero attached hydrogens (tertiary/aromatic N) is 2. The molecule has 0 radical (unpaired) electrons. The molecule has 2 aromatic rings. The number of piperidine rings is 1. The molecule has 0 saturated carbocycles. The molecule has 2 aliphatic heterocycles. The Hall–Kier alpha value is -2.47. The van der Waals surface area contributed by atoms with E-state index in [-0.39, 0.29) is 23.5 Å². The fourth-order valence-electron chi connectivity index (χ4n) is 5.32. The lowest BCUT2D eigenvalue weighted by molar-refractivity contribution is -0.143. The number of rotatable bonds is 8. The average Bonchev–Trinajstić information content (AvgIpc) is 3.03. The third kappa shape index (κ3) is 6.35. The summed E-state index contributed by atoms with van der Waals surface area (Å²) in [5.41, 5.74) is 3.19. The molecule has 184 valence electrons. The number of esters is 1. The van der Waals surface area contributed by atoms with Gasteiger partial charge in [-0.15, -0.1) is 0 Å². The van der Waals surface area contributed by atoms with Gasteiger partial charge >= 0.3 is 5.97 Å². The second kappa shape index (κ2) is 11.8. The first-order valence-electron chi connectivity index (χ1n) is 12.7. The predicted molar refractivity (Wildman–Crippen MR) is 131 cm³/mol. The Kier molecular flexibility index (Phi) is 8.54. The molecule has 2 aliphatic rings. The number of carbonyl (C=O) groups is 1. The van der Waals surface area contributed by atoms with Crippen molar-refractivity contribution in [2.75, 3.05) is 44.2 Å². The second-order valence-corrected chi connectivity index (χ2v) is 9.58. The monoisotopic (exact) mass is 470 g/mol. The molecule has 1 saturated heterocycles. The van der Waals surface area contributed by atoms with E-state index in [2.05, 4.69) is 9.80 Å². The Labute approximate surface area is 201 Å². The van der Waals surface area contributed by atoms with Gasteiger partial charge in [-0.05, 0) is 86.5 Å². The van der Waals surface area contributed by atoms with Crippen molar-refractivity contribution < 1.29 is 18.3 Å². The van der Waals surface area contributed by atoms with E-state index in [0.717, 1.165) is 81.6 Å². The molecule has 2 aromatic carbocycles.